The third-order valence-electron chi connectivity index (χ3n) is 5.85. The van der Waals surface area contributed by atoms with Gasteiger partial charge in [0.1, 0.15) is 0 Å². The molecule has 0 spiro atoms. The third-order valence-corrected chi connectivity index (χ3v) is 6.34. The van der Waals surface area contributed by atoms with Gasteiger partial charge in [-0.1, -0.05) is 15.9 Å². The zero-order valence-corrected chi connectivity index (χ0v) is 16.9. The van der Waals surface area contributed by atoms with Crippen LogP contribution in [0, 0.1) is 0 Å². The molecule has 2 fully saturated rings. The van der Waals surface area contributed by atoms with E-state index in [0.717, 1.165) is 43.5 Å². The molecule has 2 saturated heterocycles. The molecule has 7 heteroatoms. The van der Waals surface area contributed by atoms with Crippen molar-refractivity contribution in [3.05, 3.63) is 33.8 Å². The van der Waals surface area contributed by atoms with Crippen molar-refractivity contribution in [2.75, 3.05) is 32.7 Å². The van der Waals surface area contributed by atoms with E-state index in [1.165, 1.54) is 17.7 Å². The van der Waals surface area contributed by atoms with E-state index in [1.807, 2.05) is 4.90 Å². The SMILES string of the molecule is O=C1c2ccc(Br)cc2C(=O)N1CCC(=O)N1CCCC1CN1CCCC1. The van der Waals surface area contributed by atoms with Crippen LogP contribution in [0.1, 0.15) is 52.8 Å². The molecule has 1 atom stereocenters. The van der Waals surface area contributed by atoms with Gasteiger partial charge in [-0.05, 0) is 57.0 Å². The Kier molecular flexibility index (Phi) is 5.32. The van der Waals surface area contributed by atoms with Crippen LogP contribution in [0.3, 0.4) is 0 Å². The molecule has 0 aliphatic carbocycles. The van der Waals surface area contributed by atoms with Gasteiger partial charge in [0, 0.05) is 36.6 Å². The number of carbonyl (C=O) groups is 3. The van der Waals surface area contributed by atoms with Gasteiger partial charge in [-0.3, -0.25) is 19.3 Å². The topological polar surface area (TPSA) is 60.9 Å². The first-order valence-electron chi connectivity index (χ1n) is 9.72. The molecule has 0 bridgehead atoms. The predicted molar refractivity (Wildman–Crippen MR) is 105 cm³/mol. The summed E-state index contributed by atoms with van der Waals surface area (Å²) < 4.78 is 0.766. The standard InChI is InChI=1S/C20H24BrN3O3/c21-14-5-6-16-17(12-14)20(27)24(19(16)26)11-7-18(25)23-10-3-4-15(23)13-22-8-1-2-9-22/h5-6,12,15H,1-4,7-11,13H2. The van der Waals surface area contributed by atoms with Crippen molar-refractivity contribution in [1.82, 2.24) is 14.7 Å². The van der Waals surface area contributed by atoms with Crippen molar-refractivity contribution >= 4 is 33.7 Å². The van der Waals surface area contributed by atoms with Crippen molar-refractivity contribution in [3.63, 3.8) is 0 Å². The second-order valence-corrected chi connectivity index (χ2v) is 8.51. The van der Waals surface area contributed by atoms with E-state index in [0.29, 0.717) is 11.1 Å². The molecular formula is C20H24BrN3O3. The third kappa shape index (κ3) is 3.67. The minimum Gasteiger partial charge on any atom is -0.338 e. The van der Waals surface area contributed by atoms with Crippen LogP contribution in [0.5, 0.6) is 0 Å². The number of nitrogens with zero attached hydrogens (tertiary/aromatic N) is 3. The van der Waals surface area contributed by atoms with Gasteiger partial charge in [0.2, 0.25) is 5.91 Å². The molecule has 3 amide bonds. The van der Waals surface area contributed by atoms with E-state index in [-0.39, 0.29) is 36.7 Å². The number of rotatable bonds is 5. The van der Waals surface area contributed by atoms with E-state index in [1.54, 1.807) is 18.2 Å². The summed E-state index contributed by atoms with van der Waals surface area (Å²) in [6.07, 6.45) is 4.77. The lowest BCUT2D eigenvalue weighted by atomic mass is 10.1. The van der Waals surface area contributed by atoms with Crippen LogP contribution in [-0.4, -0.2) is 71.2 Å². The normalized spacial score (nSPS) is 22.8. The van der Waals surface area contributed by atoms with Gasteiger partial charge < -0.3 is 9.80 Å². The van der Waals surface area contributed by atoms with Gasteiger partial charge in [0.25, 0.3) is 11.8 Å². The van der Waals surface area contributed by atoms with Crippen molar-refractivity contribution in [1.29, 1.82) is 0 Å². The molecule has 3 aliphatic heterocycles. The van der Waals surface area contributed by atoms with Gasteiger partial charge in [-0.2, -0.15) is 0 Å². The maximum Gasteiger partial charge on any atom is 0.261 e. The number of hydrogen-bond donors (Lipinski definition) is 0. The fourth-order valence-corrected chi connectivity index (χ4v) is 4.80. The van der Waals surface area contributed by atoms with E-state index in [2.05, 4.69) is 20.8 Å². The largest absolute Gasteiger partial charge is 0.338 e. The molecule has 27 heavy (non-hydrogen) atoms. The Morgan fingerprint density at radius 2 is 1.78 bits per heavy atom. The number of hydrogen-bond acceptors (Lipinski definition) is 4. The lowest BCUT2D eigenvalue weighted by Crippen LogP contribution is -2.43. The fraction of sp³-hybridized carbons (Fsp3) is 0.550. The van der Waals surface area contributed by atoms with Crippen LogP contribution < -0.4 is 0 Å². The first-order valence-corrected chi connectivity index (χ1v) is 10.5. The molecule has 6 nitrogen and oxygen atoms in total. The highest BCUT2D eigenvalue weighted by Crippen LogP contribution is 2.27. The van der Waals surface area contributed by atoms with E-state index >= 15 is 0 Å². The molecule has 1 aromatic rings. The smallest absolute Gasteiger partial charge is 0.261 e. The van der Waals surface area contributed by atoms with Gasteiger partial charge in [0.15, 0.2) is 0 Å². The fourth-order valence-electron chi connectivity index (χ4n) is 4.43. The lowest BCUT2D eigenvalue weighted by Gasteiger charge is -2.29. The van der Waals surface area contributed by atoms with Crippen molar-refractivity contribution < 1.29 is 14.4 Å². The number of benzene rings is 1. The second kappa shape index (κ2) is 7.72. The van der Waals surface area contributed by atoms with Crippen molar-refractivity contribution in [3.8, 4) is 0 Å². The number of halogens is 1. The molecule has 144 valence electrons. The van der Waals surface area contributed by atoms with E-state index in [4.69, 9.17) is 0 Å². The van der Waals surface area contributed by atoms with Crippen LogP contribution in [0.25, 0.3) is 0 Å². The van der Waals surface area contributed by atoms with Gasteiger partial charge in [0.05, 0.1) is 11.1 Å². The Morgan fingerprint density at radius 1 is 1.04 bits per heavy atom. The summed E-state index contributed by atoms with van der Waals surface area (Å²) in [4.78, 5) is 43.4. The first kappa shape index (κ1) is 18.6. The summed E-state index contributed by atoms with van der Waals surface area (Å²) >= 11 is 3.33. The molecule has 3 aliphatic rings. The summed E-state index contributed by atoms with van der Waals surface area (Å²) in [5, 5.41) is 0. The van der Waals surface area contributed by atoms with Crippen LogP contribution >= 0.6 is 15.9 Å². The molecule has 0 aromatic heterocycles. The highest BCUT2D eigenvalue weighted by atomic mass is 79.9. The average Bonchev–Trinajstić information content (AvgIpc) is 3.37. The van der Waals surface area contributed by atoms with E-state index < -0.39 is 0 Å². The number of likely N-dealkylation sites (tertiary alicyclic amines) is 2. The maximum atomic E-state index is 12.8. The van der Waals surface area contributed by atoms with Crippen LogP contribution in [0.15, 0.2) is 22.7 Å². The molecule has 1 unspecified atom stereocenters. The summed E-state index contributed by atoms with van der Waals surface area (Å²) in [6, 6.07) is 5.36. The minimum absolute atomic E-state index is 0.0504. The van der Waals surface area contributed by atoms with Gasteiger partial charge in [-0.15, -0.1) is 0 Å². The lowest BCUT2D eigenvalue weighted by molar-refractivity contribution is -0.132. The number of amides is 3. The van der Waals surface area contributed by atoms with E-state index in [9.17, 15) is 14.4 Å². The zero-order valence-electron chi connectivity index (χ0n) is 15.3. The Morgan fingerprint density at radius 3 is 2.56 bits per heavy atom. The Hall–Kier alpha value is -1.73. The number of carbonyl (C=O) groups excluding carboxylic acids is 3. The molecule has 0 radical (unpaired) electrons. The first-order chi connectivity index (χ1) is 13.0. The van der Waals surface area contributed by atoms with Crippen LogP contribution in [0.4, 0.5) is 0 Å². The Labute approximate surface area is 167 Å². The Bertz CT molecular complexity index is 776. The van der Waals surface area contributed by atoms with Crippen LogP contribution in [-0.2, 0) is 4.79 Å². The molecule has 0 saturated carbocycles. The second-order valence-electron chi connectivity index (χ2n) is 7.59. The number of imide groups is 1. The van der Waals surface area contributed by atoms with Crippen molar-refractivity contribution in [2.45, 2.75) is 38.1 Å². The molecular weight excluding hydrogens is 410 g/mol. The van der Waals surface area contributed by atoms with Gasteiger partial charge in [-0.25, -0.2) is 0 Å². The Balaban J connectivity index is 1.36. The highest BCUT2D eigenvalue weighted by Gasteiger charge is 2.37. The van der Waals surface area contributed by atoms with Crippen LogP contribution in [0.2, 0.25) is 0 Å². The average molecular weight is 434 g/mol. The van der Waals surface area contributed by atoms with Gasteiger partial charge >= 0.3 is 0 Å². The molecule has 3 heterocycles. The predicted octanol–water partition coefficient (Wildman–Crippen LogP) is 2.52. The zero-order chi connectivity index (χ0) is 19.0. The highest BCUT2D eigenvalue weighted by molar-refractivity contribution is 9.10. The van der Waals surface area contributed by atoms with Crippen molar-refractivity contribution in [2.24, 2.45) is 0 Å². The minimum atomic E-state index is -0.306. The quantitative estimate of drug-likeness (QED) is 0.669. The molecule has 4 rings (SSSR count). The summed E-state index contributed by atoms with van der Waals surface area (Å²) in [5.74, 6) is -0.557. The summed E-state index contributed by atoms with van der Waals surface area (Å²) in [6.45, 7) is 4.14. The summed E-state index contributed by atoms with van der Waals surface area (Å²) in [7, 11) is 0. The number of fused-ring (bicyclic) bond motifs is 1. The molecule has 1 aromatic carbocycles. The molecule has 0 N–H and O–H groups in total. The monoisotopic (exact) mass is 433 g/mol. The maximum absolute atomic E-state index is 12.8. The summed E-state index contributed by atoms with van der Waals surface area (Å²) in [5.41, 5.74) is 0.832.